The number of aromatic amines is 1. The molecule has 0 spiro atoms. The van der Waals surface area contributed by atoms with Gasteiger partial charge in [0, 0.05) is 10.0 Å². The SMILES string of the molecule is OCc1ncc(-c2ccc(Br)cc2Cl)[nH]1. The van der Waals surface area contributed by atoms with Gasteiger partial charge >= 0.3 is 0 Å². The minimum absolute atomic E-state index is 0.103. The molecular weight excluding hydrogens is 279 g/mol. The molecule has 2 rings (SSSR count). The summed E-state index contributed by atoms with van der Waals surface area (Å²) in [6.07, 6.45) is 1.65. The number of rotatable bonds is 2. The maximum Gasteiger partial charge on any atom is 0.132 e. The molecule has 0 radical (unpaired) electrons. The highest BCUT2D eigenvalue weighted by molar-refractivity contribution is 9.10. The minimum Gasteiger partial charge on any atom is -0.388 e. The number of H-pyrrole nitrogens is 1. The maximum atomic E-state index is 8.88. The monoisotopic (exact) mass is 286 g/mol. The van der Waals surface area contributed by atoms with Gasteiger partial charge in [0.05, 0.1) is 16.9 Å². The number of aliphatic hydroxyl groups is 1. The van der Waals surface area contributed by atoms with Crippen molar-refractivity contribution in [3.8, 4) is 11.3 Å². The van der Waals surface area contributed by atoms with Crippen LogP contribution < -0.4 is 0 Å². The highest BCUT2D eigenvalue weighted by Gasteiger charge is 2.06. The third kappa shape index (κ3) is 2.22. The second kappa shape index (κ2) is 4.35. The molecule has 0 aliphatic rings. The molecule has 78 valence electrons. The third-order valence-corrected chi connectivity index (χ3v) is 2.81. The quantitative estimate of drug-likeness (QED) is 0.892. The van der Waals surface area contributed by atoms with Crippen LogP contribution in [0.2, 0.25) is 5.02 Å². The Labute approximate surface area is 100 Å². The largest absolute Gasteiger partial charge is 0.388 e. The molecule has 0 bridgehead atoms. The zero-order valence-electron chi connectivity index (χ0n) is 7.67. The van der Waals surface area contributed by atoms with E-state index in [9.17, 15) is 0 Å². The summed E-state index contributed by atoms with van der Waals surface area (Å²) in [5.74, 6) is 0.531. The number of aliphatic hydroxyl groups excluding tert-OH is 1. The molecule has 5 heteroatoms. The summed E-state index contributed by atoms with van der Waals surface area (Å²) in [6.45, 7) is -0.103. The van der Waals surface area contributed by atoms with Crippen LogP contribution >= 0.6 is 27.5 Å². The zero-order chi connectivity index (χ0) is 10.8. The minimum atomic E-state index is -0.103. The Kier molecular flexibility index (Phi) is 3.09. The Hall–Kier alpha value is -0.840. The van der Waals surface area contributed by atoms with E-state index < -0.39 is 0 Å². The smallest absolute Gasteiger partial charge is 0.132 e. The van der Waals surface area contributed by atoms with Gasteiger partial charge in [-0.3, -0.25) is 0 Å². The van der Waals surface area contributed by atoms with E-state index in [1.54, 1.807) is 6.20 Å². The van der Waals surface area contributed by atoms with Crippen LogP contribution in [-0.2, 0) is 6.61 Å². The number of nitrogens with one attached hydrogen (secondary N) is 1. The Morgan fingerprint density at radius 3 is 2.87 bits per heavy atom. The molecule has 0 aliphatic heterocycles. The first-order valence-electron chi connectivity index (χ1n) is 4.31. The first kappa shape index (κ1) is 10.7. The van der Waals surface area contributed by atoms with Gasteiger partial charge in [-0.1, -0.05) is 33.6 Å². The van der Waals surface area contributed by atoms with Gasteiger partial charge in [-0.25, -0.2) is 4.98 Å². The number of imidazole rings is 1. The van der Waals surface area contributed by atoms with Crippen molar-refractivity contribution in [3.63, 3.8) is 0 Å². The van der Waals surface area contributed by atoms with Crippen LogP contribution in [0.3, 0.4) is 0 Å². The molecule has 0 saturated heterocycles. The maximum absolute atomic E-state index is 8.88. The van der Waals surface area contributed by atoms with Gasteiger partial charge in [0.15, 0.2) is 0 Å². The topological polar surface area (TPSA) is 48.9 Å². The Balaban J connectivity index is 2.44. The summed E-state index contributed by atoms with van der Waals surface area (Å²) in [5.41, 5.74) is 1.67. The van der Waals surface area contributed by atoms with Gasteiger partial charge in [0.25, 0.3) is 0 Å². The van der Waals surface area contributed by atoms with Crippen molar-refractivity contribution >= 4 is 27.5 Å². The van der Waals surface area contributed by atoms with Crippen molar-refractivity contribution in [2.75, 3.05) is 0 Å². The number of nitrogens with zero attached hydrogens (tertiary/aromatic N) is 1. The van der Waals surface area contributed by atoms with E-state index in [1.807, 2.05) is 18.2 Å². The van der Waals surface area contributed by atoms with Crippen LogP contribution in [0.15, 0.2) is 28.9 Å². The van der Waals surface area contributed by atoms with E-state index in [1.165, 1.54) is 0 Å². The summed E-state index contributed by atoms with van der Waals surface area (Å²) in [7, 11) is 0. The molecule has 1 aromatic carbocycles. The van der Waals surface area contributed by atoms with Crippen LogP contribution in [-0.4, -0.2) is 15.1 Å². The van der Waals surface area contributed by atoms with Gasteiger partial charge in [-0.15, -0.1) is 0 Å². The van der Waals surface area contributed by atoms with Gasteiger partial charge in [-0.2, -0.15) is 0 Å². The van der Waals surface area contributed by atoms with Crippen molar-refractivity contribution in [1.82, 2.24) is 9.97 Å². The van der Waals surface area contributed by atoms with Gasteiger partial charge < -0.3 is 10.1 Å². The Morgan fingerprint density at radius 2 is 2.27 bits per heavy atom. The zero-order valence-corrected chi connectivity index (χ0v) is 10.0. The predicted molar refractivity (Wildman–Crippen MR) is 62.7 cm³/mol. The van der Waals surface area contributed by atoms with Gasteiger partial charge in [-0.05, 0) is 12.1 Å². The molecule has 2 N–H and O–H groups in total. The summed E-state index contributed by atoms with van der Waals surface area (Å²) in [6, 6.07) is 5.61. The van der Waals surface area contributed by atoms with Crippen LogP contribution in [0.5, 0.6) is 0 Å². The molecule has 0 aliphatic carbocycles. The standard InChI is InChI=1S/C10H8BrClN2O/c11-6-1-2-7(8(12)3-6)9-4-13-10(5-15)14-9/h1-4,15H,5H2,(H,13,14). The van der Waals surface area contributed by atoms with E-state index in [-0.39, 0.29) is 6.61 Å². The molecule has 0 fully saturated rings. The molecule has 0 unspecified atom stereocenters. The molecular formula is C10H8BrClN2O. The van der Waals surface area contributed by atoms with E-state index in [2.05, 4.69) is 25.9 Å². The van der Waals surface area contributed by atoms with Crippen LogP contribution in [0.1, 0.15) is 5.82 Å². The molecule has 0 saturated carbocycles. The van der Waals surface area contributed by atoms with Gasteiger partial charge in [0.1, 0.15) is 12.4 Å². The molecule has 1 aromatic heterocycles. The summed E-state index contributed by atoms with van der Waals surface area (Å²) in [5, 5.41) is 9.51. The molecule has 1 heterocycles. The van der Waals surface area contributed by atoms with Gasteiger partial charge in [0.2, 0.25) is 0 Å². The highest BCUT2D eigenvalue weighted by atomic mass is 79.9. The number of aromatic nitrogens is 2. The number of benzene rings is 1. The van der Waals surface area contributed by atoms with Crippen LogP contribution in [0, 0.1) is 0 Å². The average Bonchev–Trinajstić information content (AvgIpc) is 2.66. The predicted octanol–water partition coefficient (Wildman–Crippen LogP) is 2.98. The summed E-state index contributed by atoms with van der Waals surface area (Å²) < 4.78 is 0.929. The van der Waals surface area contributed by atoms with E-state index in [0.717, 1.165) is 15.7 Å². The van der Waals surface area contributed by atoms with E-state index in [0.29, 0.717) is 10.8 Å². The number of halogens is 2. The fourth-order valence-electron chi connectivity index (χ4n) is 1.29. The van der Waals surface area contributed by atoms with Crippen molar-refractivity contribution in [3.05, 3.63) is 39.7 Å². The first-order valence-corrected chi connectivity index (χ1v) is 5.48. The highest BCUT2D eigenvalue weighted by Crippen LogP contribution is 2.29. The van der Waals surface area contributed by atoms with Crippen LogP contribution in [0.4, 0.5) is 0 Å². The van der Waals surface area contributed by atoms with Crippen molar-refractivity contribution in [1.29, 1.82) is 0 Å². The van der Waals surface area contributed by atoms with Crippen molar-refractivity contribution in [2.24, 2.45) is 0 Å². The van der Waals surface area contributed by atoms with Crippen molar-refractivity contribution < 1.29 is 5.11 Å². The second-order valence-electron chi connectivity index (χ2n) is 3.03. The molecule has 2 aromatic rings. The summed E-state index contributed by atoms with van der Waals surface area (Å²) in [4.78, 5) is 6.98. The molecule has 15 heavy (non-hydrogen) atoms. The third-order valence-electron chi connectivity index (χ3n) is 2.00. The Morgan fingerprint density at radius 1 is 1.47 bits per heavy atom. The molecule has 0 amide bonds. The lowest BCUT2D eigenvalue weighted by Gasteiger charge is -2.01. The fourth-order valence-corrected chi connectivity index (χ4v) is 2.06. The summed E-state index contributed by atoms with van der Waals surface area (Å²) >= 11 is 9.41. The molecule has 0 atom stereocenters. The number of hydrogen-bond acceptors (Lipinski definition) is 2. The number of hydrogen-bond donors (Lipinski definition) is 2. The lowest BCUT2D eigenvalue weighted by molar-refractivity contribution is 0.272. The van der Waals surface area contributed by atoms with Crippen LogP contribution in [0.25, 0.3) is 11.3 Å². The molecule has 3 nitrogen and oxygen atoms in total. The lowest BCUT2D eigenvalue weighted by atomic mass is 10.2. The first-order chi connectivity index (χ1) is 7.20. The normalized spacial score (nSPS) is 10.6. The Bertz CT molecular complexity index is 484. The lowest BCUT2D eigenvalue weighted by Crippen LogP contribution is -1.85. The van der Waals surface area contributed by atoms with E-state index >= 15 is 0 Å². The average molecular weight is 288 g/mol. The van der Waals surface area contributed by atoms with E-state index in [4.69, 9.17) is 16.7 Å². The fraction of sp³-hybridized carbons (Fsp3) is 0.100. The second-order valence-corrected chi connectivity index (χ2v) is 4.35. The van der Waals surface area contributed by atoms with Crippen molar-refractivity contribution in [2.45, 2.75) is 6.61 Å².